The standard InChI is InChI=1S/C22H24FNO3/c23-16-4-5-17-15(12-16)13-19(21(17)25)24-8-6-14(7-9-24)18-2-1-3-20-22(18)27-11-10-26-20/h1-5,12,14,19,21,25H,6-11,13H2/t19-,21-/m0/s1. The maximum Gasteiger partial charge on any atom is 0.164 e. The number of fused-ring (bicyclic) bond motifs is 2. The highest BCUT2D eigenvalue weighted by molar-refractivity contribution is 5.49. The van der Waals surface area contributed by atoms with Crippen molar-refractivity contribution in [3.63, 3.8) is 0 Å². The molecule has 27 heavy (non-hydrogen) atoms. The number of hydrogen-bond acceptors (Lipinski definition) is 4. The number of halogens is 1. The molecule has 0 unspecified atom stereocenters. The highest BCUT2D eigenvalue weighted by atomic mass is 19.1. The first-order valence-electron chi connectivity index (χ1n) is 9.79. The Kier molecular flexibility index (Phi) is 4.29. The van der Waals surface area contributed by atoms with E-state index in [1.54, 1.807) is 12.1 Å². The third kappa shape index (κ3) is 2.99. The van der Waals surface area contributed by atoms with Crippen molar-refractivity contribution >= 4 is 0 Å². The van der Waals surface area contributed by atoms with Crippen LogP contribution in [0.25, 0.3) is 0 Å². The van der Waals surface area contributed by atoms with Crippen LogP contribution < -0.4 is 9.47 Å². The first kappa shape index (κ1) is 17.0. The van der Waals surface area contributed by atoms with E-state index in [1.165, 1.54) is 11.6 Å². The van der Waals surface area contributed by atoms with E-state index in [4.69, 9.17) is 9.47 Å². The molecule has 0 amide bonds. The lowest BCUT2D eigenvalue weighted by Gasteiger charge is -2.38. The van der Waals surface area contributed by atoms with Gasteiger partial charge in [-0.3, -0.25) is 4.90 Å². The number of nitrogens with zero attached hydrogens (tertiary/aromatic N) is 1. The summed E-state index contributed by atoms with van der Waals surface area (Å²) < 4.78 is 25.1. The van der Waals surface area contributed by atoms with Gasteiger partial charge in [0.1, 0.15) is 19.0 Å². The monoisotopic (exact) mass is 369 g/mol. The largest absolute Gasteiger partial charge is 0.486 e. The second-order valence-corrected chi connectivity index (χ2v) is 7.74. The molecule has 4 nitrogen and oxygen atoms in total. The molecule has 0 radical (unpaired) electrons. The zero-order chi connectivity index (χ0) is 18.4. The predicted octanol–water partition coefficient (Wildman–Crippen LogP) is 3.43. The lowest BCUT2D eigenvalue weighted by atomic mass is 9.87. The van der Waals surface area contributed by atoms with E-state index < -0.39 is 6.10 Å². The molecular weight excluding hydrogens is 345 g/mol. The molecule has 2 aliphatic heterocycles. The van der Waals surface area contributed by atoms with Gasteiger partial charge < -0.3 is 14.6 Å². The lowest BCUT2D eigenvalue weighted by molar-refractivity contribution is 0.0454. The summed E-state index contributed by atoms with van der Waals surface area (Å²) in [4.78, 5) is 2.37. The molecule has 3 aliphatic rings. The van der Waals surface area contributed by atoms with Crippen LogP contribution >= 0.6 is 0 Å². The fourth-order valence-corrected chi connectivity index (χ4v) is 4.87. The van der Waals surface area contributed by atoms with E-state index in [0.29, 0.717) is 19.1 Å². The fraction of sp³-hybridized carbons (Fsp3) is 0.455. The SMILES string of the molecule is O[C@H]1c2ccc(F)cc2C[C@@H]1N1CCC(c2cccc3c2OCCO3)CC1. The molecule has 0 spiro atoms. The first-order valence-corrected chi connectivity index (χ1v) is 9.79. The smallest absolute Gasteiger partial charge is 0.164 e. The average molecular weight is 369 g/mol. The predicted molar refractivity (Wildman–Crippen MR) is 99.8 cm³/mol. The van der Waals surface area contributed by atoms with E-state index in [2.05, 4.69) is 11.0 Å². The topological polar surface area (TPSA) is 41.9 Å². The number of benzene rings is 2. The summed E-state index contributed by atoms with van der Waals surface area (Å²) in [5, 5.41) is 10.7. The van der Waals surface area contributed by atoms with E-state index >= 15 is 0 Å². The molecule has 142 valence electrons. The van der Waals surface area contributed by atoms with Crippen molar-refractivity contribution in [2.45, 2.75) is 37.3 Å². The normalized spacial score (nSPS) is 25.4. The summed E-state index contributed by atoms with van der Waals surface area (Å²) in [5.41, 5.74) is 3.06. The van der Waals surface area contributed by atoms with Gasteiger partial charge in [0, 0.05) is 11.6 Å². The number of hydrogen-bond donors (Lipinski definition) is 1. The highest BCUT2D eigenvalue weighted by Gasteiger charge is 2.37. The molecule has 1 N–H and O–H groups in total. The number of piperidine rings is 1. The maximum atomic E-state index is 13.5. The molecule has 0 saturated carbocycles. The average Bonchev–Trinajstić information content (AvgIpc) is 3.03. The van der Waals surface area contributed by atoms with Gasteiger partial charge in [-0.15, -0.1) is 0 Å². The molecule has 0 aromatic heterocycles. The van der Waals surface area contributed by atoms with Crippen LogP contribution in [0.3, 0.4) is 0 Å². The van der Waals surface area contributed by atoms with Crippen LogP contribution in [0.1, 0.15) is 41.6 Å². The van der Waals surface area contributed by atoms with E-state index in [1.807, 2.05) is 12.1 Å². The lowest BCUT2D eigenvalue weighted by Crippen LogP contribution is -2.43. The minimum Gasteiger partial charge on any atom is -0.486 e. The van der Waals surface area contributed by atoms with E-state index in [0.717, 1.165) is 55.0 Å². The Morgan fingerprint density at radius 1 is 1.00 bits per heavy atom. The molecule has 1 saturated heterocycles. The summed E-state index contributed by atoms with van der Waals surface area (Å²) in [5.74, 6) is 1.98. The van der Waals surface area contributed by atoms with Crippen molar-refractivity contribution in [1.29, 1.82) is 0 Å². The Labute approximate surface area is 158 Å². The van der Waals surface area contributed by atoms with Crippen molar-refractivity contribution < 1.29 is 19.0 Å². The van der Waals surface area contributed by atoms with Gasteiger partial charge in [-0.2, -0.15) is 0 Å². The number of rotatable bonds is 2. The summed E-state index contributed by atoms with van der Waals surface area (Å²) >= 11 is 0. The van der Waals surface area contributed by atoms with Gasteiger partial charge in [0.05, 0.1) is 6.10 Å². The molecule has 2 heterocycles. The van der Waals surface area contributed by atoms with Crippen molar-refractivity contribution in [2.75, 3.05) is 26.3 Å². The van der Waals surface area contributed by atoms with E-state index in [9.17, 15) is 9.50 Å². The van der Waals surface area contributed by atoms with Gasteiger partial charge in [0.25, 0.3) is 0 Å². The second-order valence-electron chi connectivity index (χ2n) is 7.74. The van der Waals surface area contributed by atoms with Crippen molar-refractivity contribution in [2.24, 2.45) is 0 Å². The molecule has 5 heteroatoms. The van der Waals surface area contributed by atoms with Crippen LogP contribution in [0.15, 0.2) is 36.4 Å². The zero-order valence-corrected chi connectivity index (χ0v) is 15.2. The Balaban J connectivity index is 1.29. The van der Waals surface area contributed by atoms with Gasteiger partial charge >= 0.3 is 0 Å². The van der Waals surface area contributed by atoms with Gasteiger partial charge in [0.15, 0.2) is 11.5 Å². The van der Waals surface area contributed by atoms with Crippen LogP contribution in [-0.2, 0) is 6.42 Å². The summed E-state index contributed by atoms with van der Waals surface area (Å²) in [6.07, 6.45) is 2.23. The summed E-state index contributed by atoms with van der Waals surface area (Å²) in [7, 11) is 0. The van der Waals surface area contributed by atoms with Crippen LogP contribution in [0.4, 0.5) is 4.39 Å². The minimum atomic E-state index is -0.529. The van der Waals surface area contributed by atoms with Crippen molar-refractivity contribution in [3.05, 3.63) is 58.9 Å². The minimum absolute atomic E-state index is 0.0482. The Bertz CT molecular complexity index is 847. The number of ether oxygens (including phenoxy) is 2. The first-order chi connectivity index (χ1) is 13.2. The molecular formula is C22H24FNO3. The molecule has 2 aromatic carbocycles. The highest BCUT2D eigenvalue weighted by Crippen LogP contribution is 2.43. The molecule has 2 aromatic rings. The fourth-order valence-electron chi connectivity index (χ4n) is 4.87. The van der Waals surface area contributed by atoms with Crippen LogP contribution in [0.2, 0.25) is 0 Å². The molecule has 1 fully saturated rings. The zero-order valence-electron chi connectivity index (χ0n) is 15.2. The third-order valence-electron chi connectivity index (χ3n) is 6.25. The number of para-hydroxylation sites is 1. The van der Waals surface area contributed by atoms with Gasteiger partial charge in [-0.05, 0) is 67.6 Å². The summed E-state index contributed by atoms with van der Waals surface area (Å²) in [6, 6.07) is 11.0. The van der Waals surface area contributed by atoms with Gasteiger partial charge in [-0.25, -0.2) is 4.39 Å². The Hall–Kier alpha value is -2.11. The van der Waals surface area contributed by atoms with Crippen LogP contribution in [-0.4, -0.2) is 42.4 Å². The number of aliphatic hydroxyl groups is 1. The third-order valence-corrected chi connectivity index (χ3v) is 6.25. The van der Waals surface area contributed by atoms with Crippen molar-refractivity contribution in [1.82, 2.24) is 4.90 Å². The summed E-state index contributed by atoms with van der Waals surface area (Å²) in [6.45, 7) is 3.06. The van der Waals surface area contributed by atoms with Crippen LogP contribution in [0.5, 0.6) is 11.5 Å². The molecule has 0 bridgehead atoms. The Morgan fingerprint density at radius 2 is 1.81 bits per heavy atom. The van der Waals surface area contributed by atoms with Crippen LogP contribution in [0, 0.1) is 5.82 Å². The Morgan fingerprint density at radius 3 is 2.67 bits per heavy atom. The second kappa shape index (κ2) is 6.80. The number of likely N-dealkylation sites (tertiary alicyclic amines) is 1. The maximum absolute atomic E-state index is 13.5. The van der Waals surface area contributed by atoms with E-state index in [-0.39, 0.29) is 11.9 Å². The van der Waals surface area contributed by atoms with Gasteiger partial charge in [-0.1, -0.05) is 18.2 Å². The molecule has 5 rings (SSSR count). The quantitative estimate of drug-likeness (QED) is 0.881. The molecule has 1 aliphatic carbocycles. The van der Waals surface area contributed by atoms with Crippen molar-refractivity contribution in [3.8, 4) is 11.5 Å². The molecule has 2 atom stereocenters. The van der Waals surface area contributed by atoms with Gasteiger partial charge in [0.2, 0.25) is 0 Å². The number of aliphatic hydroxyl groups excluding tert-OH is 1.